The molecule has 0 fully saturated rings. The summed E-state index contributed by atoms with van der Waals surface area (Å²) in [6.45, 7) is 0. The fraction of sp³-hybridized carbons (Fsp3) is 0.111. The van der Waals surface area contributed by atoms with Crippen molar-refractivity contribution >= 4 is 28.1 Å². The van der Waals surface area contributed by atoms with Crippen LogP contribution < -0.4 is 15.8 Å². The van der Waals surface area contributed by atoms with Gasteiger partial charge in [0.2, 0.25) is 5.91 Å². The molecule has 1 amide bonds. The van der Waals surface area contributed by atoms with Crippen molar-refractivity contribution in [1.29, 1.82) is 0 Å². The zero-order valence-corrected chi connectivity index (χ0v) is 14.0. The van der Waals surface area contributed by atoms with E-state index in [0.717, 1.165) is 28.3 Å². The molecule has 0 saturated heterocycles. The molecule has 3 aromatic rings. The number of rotatable bonds is 5. The molecule has 0 radical (unpaired) electrons. The van der Waals surface area contributed by atoms with Gasteiger partial charge in [-0.25, -0.2) is 4.98 Å². The van der Waals surface area contributed by atoms with Crippen molar-refractivity contribution in [2.75, 3.05) is 18.2 Å². The summed E-state index contributed by atoms with van der Waals surface area (Å²) in [5, 5.41) is 5.34. The second-order valence-electron chi connectivity index (χ2n) is 5.22. The Morgan fingerprint density at radius 1 is 1.17 bits per heavy atom. The predicted molar refractivity (Wildman–Crippen MR) is 97.3 cm³/mol. The number of amides is 1. The lowest BCUT2D eigenvalue weighted by atomic mass is 10.1. The van der Waals surface area contributed by atoms with Crippen LogP contribution in [-0.4, -0.2) is 18.0 Å². The molecule has 1 heterocycles. The van der Waals surface area contributed by atoms with Gasteiger partial charge in [0.05, 0.1) is 19.2 Å². The number of carbonyl (C=O) groups is 1. The number of anilines is 2. The summed E-state index contributed by atoms with van der Waals surface area (Å²) in [5.41, 5.74) is 9.14. The first-order chi connectivity index (χ1) is 11.6. The minimum atomic E-state index is -0.0641. The number of nitrogen functional groups attached to an aromatic ring is 1. The number of benzene rings is 2. The van der Waals surface area contributed by atoms with E-state index in [1.807, 2.05) is 53.9 Å². The Morgan fingerprint density at radius 3 is 2.46 bits per heavy atom. The van der Waals surface area contributed by atoms with Crippen molar-refractivity contribution in [3.05, 3.63) is 59.5 Å². The molecule has 1 aromatic heterocycles. The van der Waals surface area contributed by atoms with Gasteiger partial charge in [-0.1, -0.05) is 24.3 Å². The van der Waals surface area contributed by atoms with Gasteiger partial charge in [-0.15, -0.1) is 11.3 Å². The number of hydrogen-bond donors (Lipinski definition) is 2. The van der Waals surface area contributed by atoms with Gasteiger partial charge in [-0.2, -0.15) is 0 Å². The van der Waals surface area contributed by atoms with Crippen LogP contribution in [0, 0.1) is 0 Å². The van der Waals surface area contributed by atoms with E-state index in [-0.39, 0.29) is 5.91 Å². The van der Waals surface area contributed by atoms with Gasteiger partial charge < -0.3 is 15.8 Å². The third-order valence-corrected chi connectivity index (χ3v) is 4.18. The molecule has 3 N–H and O–H groups in total. The predicted octanol–water partition coefficient (Wildman–Crippen LogP) is 3.58. The number of thiazole rings is 1. The van der Waals surface area contributed by atoms with E-state index >= 15 is 0 Å². The monoisotopic (exact) mass is 339 g/mol. The van der Waals surface area contributed by atoms with Crippen LogP contribution in [-0.2, 0) is 11.2 Å². The van der Waals surface area contributed by atoms with Crippen molar-refractivity contribution in [1.82, 2.24) is 4.98 Å². The van der Waals surface area contributed by atoms with Gasteiger partial charge in [-0.3, -0.25) is 4.79 Å². The molecule has 0 unspecified atom stereocenters. The lowest BCUT2D eigenvalue weighted by Gasteiger charge is -2.07. The van der Waals surface area contributed by atoms with E-state index in [1.54, 1.807) is 7.11 Å². The minimum Gasteiger partial charge on any atom is -0.497 e. The lowest BCUT2D eigenvalue weighted by molar-refractivity contribution is -0.115. The van der Waals surface area contributed by atoms with Crippen LogP contribution in [0.3, 0.4) is 0 Å². The van der Waals surface area contributed by atoms with Crippen molar-refractivity contribution in [2.24, 2.45) is 0 Å². The molecular formula is C18H17N3O2S. The lowest BCUT2D eigenvalue weighted by Crippen LogP contribution is -2.14. The number of carbonyl (C=O) groups excluding carboxylic acids is 1. The van der Waals surface area contributed by atoms with E-state index < -0.39 is 0 Å². The first-order valence-corrected chi connectivity index (χ1v) is 8.26. The summed E-state index contributed by atoms with van der Waals surface area (Å²) in [6.07, 6.45) is 0.314. The second kappa shape index (κ2) is 7.14. The summed E-state index contributed by atoms with van der Waals surface area (Å²) >= 11 is 1.41. The van der Waals surface area contributed by atoms with Crippen LogP contribution >= 0.6 is 11.3 Å². The number of aromatic nitrogens is 1. The van der Waals surface area contributed by atoms with Gasteiger partial charge in [0.1, 0.15) is 5.75 Å². The maximum absolute atomic E-state index is 12.1. The van der Waals surface area contributed by atoms with Crippen LogP contribution in [0.4, 0.5) is 10.8 Å². The summed E-state index contributed by atoms with van der Waals surface area (Å²) in [6, 6.07) is 15.0. The van der Waals surface area contributed by atoms with Crippen LogP contribution in [0.15, 0.2) is 53.9 Å². The highest BCUT2D eigenvalue weighted by molar-refractivity contribution is 7.13. The Labute approximate surface area is 144 Å². The molecule has 3 rings (SSSR count). The standard InChI is InChI=1S/C18H17N3O2S/c1-23-15-8-2-12(3-9-15)10-17(22)20-14-6-4-13(5-7-14)16-11-24-18(19)21-16/h2-9,11H,10H2,1H3,(H2,19,21)(H,20,22). The second-order valence-corrected chi connectivity index (χ2v) is 6.11. The molecule has 0 aliphatic carbocycles. The van der Waals surface area contributed by atoms with E-state index in [0.29, 0.717) is 11.6 Å². The zero-order chi connectivity index (χ0) is 16.9. The highest BCUT2D eigenvalue weighted by Crippen LogP contribution is 2.24. The van der Waals surface area contributed by atoms with Gasteiger partial charge in [-0.05, 0) is 29.8 Å². The molecule has 5 nitrogen and oxygen atoms in total. The maximum atomic E-state index is 12.1. The molecular weight excluding hydrogens is 322 g/mol. The average molecular weight is 339 g/mol. The molecule has 122 valence electrons. The van der Waals surface area contributed by atoms with Crippen molar-refractivity contribution < 1.29 is 9.53 Å². The molecule has 0 spiro atoms. The molecule has 6 heteroatoms. The first-order valence-electron chi connectivity index (χ1n) is 7.38. The van der Waals surface area contributed by atoms with Crippen molar-refractivity contribution in [3.63, 3.8) is 0 Å². The maximum Gasteiger partial charge on any atom is 0.228 e. The van der Waals surface area contributed by atoms with Gasteiger partial charge in [0.15, 0.2) is 5.13 Å². The Hall–Kier alpha value is -2.86. The average Bonchev–Trinajstić information content (AvgIpc) is 3.02. The van der Waals surface area contributed by atoms with E-state index in [4.69, 9.17) is 10.5 Å². The SMILES string of the molecule is COc1ccc(CC(=O)Nc2ccc(-c3csc(N)n3)cc2)cc1. The zero-order valence-electron chi connectivity index (χ0n) is 13.2. The number of hydrogen-bond acceptors (Lipinski definition) is 5. The van der Waals surface area contributed by atoms with Gasteiger partial charge >= 0.3 is 0 Å². The minimum absolute atomic E-state index is 0.0641. The highest BCUT2D eigenvalue weighted by atomic mass is 32.1. The molecule has 2 aromatic carbocycles. The molecule has 24 heavy (non-hydrogen) atoms. The summed E-state index contributed by atoms with van der Waals surface area (Å²) in [5.74, 6) is 0.711. The molecule has 0 saturated carbocycles. The largest absolute Gasteiger partial charge is 0.497 e. The van der Waals surface area contributed by atoms with Crippen molar-refractivity contribution in [2.45, 2.75) is 6.42 Å². The quantitative estimate of drug-likeness (QED) is 0.745. The molecule has 0 aliphatic heterocycles. The molecule has 0 atom stereocenters. The summed E-state index contributed by atoms with van der Waals surface area (Å²) in [4.78, 5) is 16.4. The van der Waals surface area contributed by atoms with E-state index in [2.05, 4.69) is 10.3 Å². The Bertz CT molecular complexity index is 826. The number of nitrogens with zero attached hydrogens (tertiary/aromatic N) is 1. The number of methoxy groups -OCH3 is 1. The fourth-order valence-corrected chi connectivity index (χ4v) is 2.85. The third-order valence-electron chi connectivity index (χ3n) is 3.51. The fourth-order valence-electron chi connectivity index (χ4n) is 2.28. The van der Waals surface area contributed by atoms with Crippen LogP contribution in [0.5, 0.6) is 5.75 Å². The normalized spacial score (nSPS) is 10.4. The first kappa shape index (κ1) is 16.0. The molecule has 0 aliphatic rings. The van der Waals surface area contributed by atoms with Crippen molar-refractivity contribution in [3.8, 4) is 17.0 Å². The van der Waals surface area contributed by atoms with Crippen LogP contribution in [0.25, 0.3) is 11.3 Å². The van der Waals surface area contributed by atoms with E-state index in [1.165, 1.54) is 11.3 Å². The van der Waals surface area contributed by atoms with E-state index in [9.17, 15) is 4.79 Å². The summed E-state index contributed by atoms with van der Waals surface area (Å²) in [7, 11) is 1.62. The van der Waals surface area contributed by atoms with Gasteiger partial charge in [0, 0.05) is 16.6 Å². The topological polar surface area (TPSA) is 77.2 Å². The third kappa shape index (κ3) is 3.91. The number of nitrogens with one attached hydrogen (secondary N) is 1. The number of nitrogens with two attached hydrogens (primary N) is 1. The summed E-state index contributed by atoms with van der Waals surface area (Å²) < 4.78 is 5.11. The van der Waals surface area contributed by atoms with Gasteiger partial charge in [0.25, 0.3) is 0 Å². The smallest absolute Gasteiger partial charge is 0.228 e. The number of ether oxygens (including phenoxy) is 1. The Kier molecular flexibility index (Phi) is 4.77. The van der Waals surface area contributed by atoms with Crippen LogP contribution in [0.2, 0.25) is 0 Å². The highest BCUT2D eigenvalue weighted by Gasteiger charge is 2.06. The molecule has 0 bridgehead atoms. The Balaban J connectivity index is 1.61. The van der Waals surface area contributed by atoms with Crippen LogP contribution in [0.1, 0.15) is 5.56 Å². The Morgan fingerprint density at radius 2 is 1.88 bits per heavy atom.